The van der Waals surface area contributed by atoms with E-state index in [0.29, 0.717) is 12.2 Å². The van der Waals surface area contributed by atoms with Gasteiger partial charge >= 0.3 is 0 Å². The molecule has 0 fully saturated rings. The first-order valence-corrected chi connectivity index (χ1v) is 7.93. The SMILES string of the molecule is CCn1cc(Cn2cc(NC(=O)Cn3cc(Br)cn3)cn2)cn1. The maximum atomic E-state index is 12.0. The summed E-state index contributed by atoms with van der Waals surface area (Å²) >= 11 is 3.30. The predicted octanol–water partition coefficient (Wildman–Crippen LogP) is 1.75. The van der Waals surface area contributed by atoms with Gasteiger partial charge in [-0.05, 0) is 22.9 Å². The average molecular weight is 378 g/mol. The minimum atomic E-state index is -0.154. The summed E-state index contributed by atoms with van der Waals surface area (Å²) in [5.41, 5.74) is 1.72. The van der Waals surface area contributed by atoms with Crippen molar-refractivity contribution in [3.63, 3.8) is 0 Å². The number of carbonyl (C=O) groups is 1. The molecule has 0 aliphatic rings. The number of hydrogen-bond donors (Lipinski definition) is 1. The lowest BCUT2D eigenvalue weighted by Crippen LogP contribution is -2.18. The fraction of sp³-hybridized carbons (Fsp3) is 0.286. The Morgan fingerprint density at radius 2 is 1.87 bits per heavy atom. The molecule has 9 heteroatoms. The second-order valence-corrected chi connectivity index (χ2v) is 5.95. The third-order valence-electron chi connectivity index (χ3n) is 3.18. The summed E-state index contributed by atoms with van der Waals surface area (Å²) in [6.45, 7) is 3.64. The minimum Gasteiger partial charge on any atom is -0.322 e. The Labute approximate surface area is 141 Å². The normalized spacial score (nSPS) is 10.9. The molecule has 120 valence electrons. The summed E-state index contributed by atoms with van der Waals surface area (Å²) in [4.78, 5) is 12.0. The van der Waals surface area contributed by atoms with Gasteiger partial charge in [0.05, 0.1) is 35.3 Å². The van der Waals surface area contributed by atoms with Crippen LogP contribution in [0.1, 0.15) is 12.5 Å². The van der Waals surface area contributed by atoms with Crippen LogP contribution in [0.2, 0.25) is 0 Å². The lowest BCUT2D eigenvalue weighted by molar-refractivity contribution is -0.116. The Hall–Kier alpha value is -2.42. The van der Waals surface area contributed by atoms with Crippen molar-refractivity contribution in [2.45, 2.75) is 26.6 Å². The second-order valence-electron chi connectivity index (χ2n) is 5.04. The first kappa shape index (κ1) is 15.5. The van der Waals surface area contributed by atoms with Gasteiger partial charge in [0.25, 0.3) is 0 Å². The molecular weight excluding hydrogens is 362 g/mol. The van der Waals surface area contributed by atoms with E-state index in [9.17, 15) is 4.79 Å². The molecule has 3 rings (SSSR count). The Balaban J connectivity index is 1.57. The number of aryl methyl sites for hydroxylation is 1. The van der Waals surface area contributed by atoms with Crippen LogP contribution >= 0.6 is 15.9 Å². The predicted molar refractivity (Wildman–Crippen MR) is 87.8 cm³/mol. The van der Waals surface area contributed by atoms with Gasteiger partial charge in [0.1, 0.15) is 6.54 Å². The largest absolute Gasteiger partial charge is 0.322 e. The summed E-state index contributed by atoms with van der Waals surface area (Å²) in [6.07, 6.45) is 10.6. The number of amides is 1. The van der Waals surface area contributed by atoms with Crippen molar-refractivity contribution in [2.24, 2.45) is 0 Å². The second kappa shape index (κ2) is 6.78. The van der Waals surface area contributed by atoms with E-state index in [4.69, 9.17) is 0 Å². The van der Waals surface area contributed by atoms with Crippen molar-refractivity contribution in [3.05, 3.63) is 47.2 Å². The lowest BCUT2D eigenvalue weighted by Gasteiger charge is -2.02. The van der Waals surface area contributed by atoms with Gasteiger partial charge in [0.2, 0.25) is 5.91 Å². The fourth-order valence-electron chi connectivity index (χ4n) is 2.14. The van der Waals surface area contributed by atoms with Crippen LogP contribution < -0.4 is 5.32 Å². The topological polar surface area (TPSA) is 82.6 Å². The molecule has 1 N–H and O–H groups in total. The molecule has 0 saturated carbocycles. The van der Waals surface area contributed by atoms with Crippen molar-refractivity contribution in [1.29, 1.82) is 0 Å². The highest BCUT2D eigenvalue weighted by Gasteiger charge is 2.07. The van der Waals surface area contributed by atoms with E-state index in [-0.39, 0.29) is 12.5 Å². The monoisotopic (exact) mass is 377 g/mol. The van der Waals surface area contributed by atoms with Gasteiger partial charge in [-0.15, -0.1) is 0 Å². The highest BCUT2D eigenvalue weighted by molar-refractivity contribution is 9.10. The number of rotatable bonds is 6. The van der Waals surface area contributed by atoms with Gasteiger partial charge in [-0.3, -0.25) is 18.8 Å². The van der Waals surface area contributed by atoms with Crippen LogP contribution in [0, 0.1) is 0 Å². The number of hydrogen-bond acceptors (Lipinski definition) is 4. The average Bonchev–Trinajstić information content (AvgIpc) is 3.22. The molecule has 1 amide bonds. The highest BCUT2D eigenvalue weighted by atomic mass is 79.9. The molecule has 0 bridgehead atoms. The number of anilines is 1. The Morgan fingerprint density at radius 3 is 2.57 bits per heavy atom. The van der Waals surface area contributed by atoms with Crippen LogP contribution in [-0.2, 0) is 24.4 Å². The molecule has 3 heterocycles. The van der Waals surface area contributed by atoms with E-state index in [1.165, 1.54) is 0 Å². The van der Waals surface area contributed by atoms with Crippen LogP contribution in [0.15, 0.2) is 41.7 Å². The van der Waals surface area contributed by atoms with Crippen LogP contribution in [0.5, 0.6) is 0 Å². The molecule has 0 unspecified atom stereocenters. The number of nitrogens with zero attached hydrogens (tertiary/aromatic N) is 6. The van der Waals surface area contributed by atoms with E-state index < -0.39 is 0 Å². The summed E-state index contributed by atoms with van der Waals surface area (Å²) < 4.78 is 6.02. The molecular formula is C14H16BrN7O. The van der Waals surface area contributed by atoms with Crippen molar-refractivity contribution in [2.75, 3.05) is 5.32 Å². The van der Waals surface area contributed by atoms with Gasteiger partial charge in [-0.1, -0.05) is 0 Å². The third kappa shape index (κ3) is 4.07. The molecule has 0 atom stereocenters. The van der Waals surface area contributed by atoms with Crippen LogP contribution in [-0.4, -0.2) is 35.2 Å². The van der Waals surface area contributed by atoms with Gasteiger partial charge < -0.3 is 5.32 Å². The standard InChI is InChI=1S/C14H16BrN7O/c1-2-20-6-11(3-16-20)7-21-9-13(5-18-21)19-14(23)10-22-8-12(15)4-17-22/h3-6,8-9H,2,7,10H2,1H3,(H,19,23). The Morgan fingerprint density at radius 1 is 1.09 bits per heavy atom. The third-order valence-corrected chi connectivity index (χ3v) is 3.59. The first-order valence-electron chi connectivity index (χ1n) is 7.14. The molecule has 8 nitrogen and oxygen atoms in total. The van der Waals surface area contributed by atoms with E-state index >= 15 is 0 Å². The number of aromatic nitrogens is 6. The van der Waals surface area contributed by atoms with Crippen molar-refractivity contribution >= 4 is 27.5 Å². The van der Waals surface area contributed by atoms with Gasteiger partial charge in [-0.25, -0.2) is 0 Å². The molecule has 0 aliphatic carbocycles. The number of halogens is 1. The molecule has 0 aliphatic heterocycles. The Bertz CT molecular complexity index is 804. The van der Waals surface area contributed by atoms with E-state index in [1.807, 2.05) is 24.0 Å². The highest BCUT2D eigenvalue weighted by Crippen LogP contribution is 2.09. The van der Waals surface area contributed by atoms with Crippen LogP contribution in [0.25, 0.3) is 0 Å². The summed E-state index contributed by atoms with van der Waals surface area (Å²) in [5.74, 6) is -0.154. The van der Waals surface area contributed by atoms with Crippen molar-refractivity contribution < 1.29 is 4.79 Å². The van der Waals surface area contributed by atoms with Gasteiger partial charge in [-0.2, -0.15) is 15.3 Å². The Kier molecular flexibility index (Phi) is 4.56. The smallest absolute Gasteiger partial charge is 0.246 e. The van der Waals surface area contributed by atoms with Crippen LogP contribution in [0.3, 0.4) is 0 Å². The lowest BCUT2D eigenvalue weighted by atomic mass is 10.4. The van der Waals surface area contributed by atoms with E-state index in [1.54, 1.807) is 34.2 Å². The number of carbonyl (C=O) groups excluding carboxylic acids is 1. The zero-order chi connectivity index (χ0) is 16.2. The number of nitrogens with one attached hydrogen (secondary N) is 1. The van der Waals surface area contributed by atoms with Crippen molar-refractivity contribution in [1.82, 2.24) is 29.3 Å². The minimum absolute atomic E-state index is 0.153. The molecule has 0 saturated heterocycles. The van der Waals surface area contributed by atoms with Gasteiger partial charge in [0, 0.05) is 30.7 Å². The van der Waals surface area contributed by atoms with Gasteiger partial charge in [0.15, 0.2) is 0 Å². The van der Waals surface area contributed by atoms with Crippen LogP contribution in [0.4, 0.5) is 5.69 Å². The maximum Gasteiger partial charge on any atom is 0.246 e. The zero-order valence-corrected chi connectivity index (χ0v) is 14.1. The summed E-state index contributed by atoms with van der Waals surface area (Å²) in [7, 11) is 0. The fourth-order valence-corrected chi connectivity index (χ4v) is 2.46. The van der Waals surface area contributed by atoms with Crippen molar-refractivity contribution in [3.8, 4) is 0 Å². The van der Waals surface area contributed by atoms with E-state index in [2.05, 4.69) is 36.5 Å². The van der Waals surface area contributed by atoms with E-state index in [0.717, 1.165) is 16.6 Å². The molecule has 0 radical (unpaired) electrons. The zero-order valence-electron chi connectivity index (χ0n) is 12.6. The quantitative estimate of drug-likeness (QED) is 0.709. The first-order chi connectivity index (χ1) is 11.1. The summed E-state index contributed by atoms with van der Waals surface area (Å²) in [5, 5.41) is 15.3. The molecule has 23 heavy (non-hydrogen) atoms. The molecule has 0 aromatic carbocycles. The molecule has 3 aromatic rings. The summed E-state index contributed by atoms with van der Waals surface area (Å²) in [6, 6.07) is 0. The molecule has 3 aromatic heterocycles. The molecule has 0 spiro atoms. The maximum absolute atomic E-state index is 12.0.